The molecule has 0 saturated carbocycles. The van der Waals surface area contributed by atoms with E-state index in [1.165, 1.54) is 64.8 Å². The summed E-state index contributed by atoms with van der Waals surface area (Å²) in [7, 11) is -2.76. The largest absolute Gasteiger partial charge is 0.311 e. The first-order valence-electron chi connectivity index (χ1n) is 20.4. The van der Waals surface area contributed by atoms with Crippen LogP contribution in [0.25, 0.3) is 32.7 Å². The molecule has 0 radical (unpaired) electrons. The minimum atomic E-state index is -2.76. The fourth-order valence-electron chi connectivity index (χ4n) is 9.52. The summed E-state index contributed by atoms with van der Waals surface area (Å²) >= 11 is 0. The SMILES string of the molecule is c1ccc(N2c3ccccc3[Si](c3ccccc3)(c3ccccc3)c3ccc(-c4ccc(N(c5ccccc5)c5cc6ccccc6c6ccccc56)cc4)cc32)cc1. The van der Waals surface area contributed by atoms with Crippen molar-refractivity contribution >= 4 is 84.5 Å². The van der Waals surface area contributed by atoms with E-state index in [2.05, 4.69) is 252 Å². The molecule has 0 bridgehead atoms. The van der Waals surface area contributed by atoms with Gasteiger partial charge in [0.15, 0.2) is 8.07 Å². The molecule has 2 nitrogen and oxygen atoms in total. The van der Waals surface area contributed by atoms with E-state index in [9.17, 15) is 0 Å². The van der Waals surface area contributed by atoms with Crippen molar-refractivity contribution in [3.8, 4) is 11.1 Å². The van der Waals surface area contributed by atoms with E-state index in [1.54, 1.807) is 0 Å². The van der Waals surface area contributed by atoms with E-state index in [1.807, 2.05) is 0 Å². The highest BCUT2D eigenvalue weighted by Gasteiger charge is 2.48. The molecule has 0 fully saturated rings. The van der Waals surface area contributed by atoms with Gasteiger partial charge in [-0.2, -0.15) is 0 Å². The minimum absolute atomic E-state index is 1.11. The average Bonchev–Trinajstić information content (AvgIpc) is 3.32. The summed E-state index contributed by atoms with van der Waals surface area (Å²) in [6.07, 6.45) is 0. The molecule has 1 heterocycles. The standard InChI is InChI=1S/C56H40N2Si/c1-5-20-44(21-6-1)57(53-40-43-19-13-14-28-49(43)50-29-15-16-30-51(50)53)46-36-33-41(34-37-46)42-35-38-56-54(39-42)58(45-22-7-2-8-23-45)52-31-17-18-32-55(52)59(56,47-24-9-3-10-25-47)48-26-11-4-12-27-48/h1-40H. The lowest BCUT2D eigenvalue weighted by Gasteiger charge is -2.45. The molecular formula is C56H40N2Si. The molecule has 1 aliphatic heterocycles. The van der Waals surface area contributed by atoms with Gasteiger partial charge in [-0.15, -0.1) is 0 Å². The molecular weight excluding hydrogens is 729 g/mol. The average molecular weight is 769 g/mol. The Hall–Kier alpha value is -7.46. The van der Waals surface area contributed by atoms with Crippen molar-refractivity contribution in [3.63, 3.8) is 0 Å². The van der Waals surface area contributed by atoms with Crippen molar-refractivity contribution in [3.05, 3.63) is 243 Å². The molecule has 0 aliphatic carbocycles. The van der Waals surface area contributed by atoms with Gasteiger partial charge in [-0.05, 0) is 103 Å². The summed E-state index contributed by atoms with van der Waals surface area (Å²) < 4.78 is 0. The van der Waals surface area contributed by atoms with E-state index in [4.69, 9.17) is 0 Å². The van der Waals surface area contributed by atoms with Crippen LogP contribution in [-0.2, 0) is 0 Å². The Bertz CT molecular complexity index is 3050. The van der Waals surface area contributed by atoms with Crippen LogP contribution in [0.1, 0.15) is 0 Å². The van der Waals surface area contributed by atoms with E-state index >= 15 is 0 Å². The topological polar surface area (TPSA) is 6.48 Å². The first-order chi connectivity index (χ1) is 29.3. The second-order valence-electron chi connectivity index (χ2n) is 15.3. The summed E-state index contributed by atoms with van der Waals surface area (Å²) in [6.45, 7) is 0. The van der Waals surface area contributed by atoms with Crippen LogP contribution in [0.15, 0.2) is 243 Å². The second kappa shape index (κ2) is 14.5. The van der Waals surface area contributed by atoms with Crippen molar-refractivity contribution in [2.45, 2.75) is 0 Å². The van der Waals surface area contributed by atoms with Crippen LogP contribution in [0.5, 0.6) is 0 Å². The van der Waals surface area contributed by atoms with Gasteiger partial charge >= 0.3 is 0 Å². The van der Waals surface area contributed by atoms with Crippen molar-refractivity contribution in [2.75, 3.05) is 9.80 Å². The van der Waals surface area contributed by atoms with Crippen LogP contribution < -0.4 is 30.5 Å². The number of hydrogen-bond donors (Lipinski definition) is 0. The van der Waals surface area contributed by atoms with Gasteiger partial charge in [0.2, 0.25) is 0 Å². The van der Waals surface area contributed by atoms with Crippen LogP contribution in [-0.4, -0.2) is 8.07 Å². The van der Waals surface area contributed by atoms with Crippen LogP contribution in [0.4, 0.5) is 34.1 Å². The molecule has 0 unspecified atom stereocenters. The van der Waals surface area contributed by atoms with Crippen LogP contribution >= 0.6 is 0 Å². The number of anilines is 6. The van der Waals surface area contributed by atoms with E-state index in [0.29, 0.717) is 0 Å². The smallest absolute Gasteiger partial charge is 0.184 e. The number of para-hydroxylation sites is 3. The molecule has 0 saturated heterocycles. The van der Waals surface area contributed by atoms with Gasteiger partial charge in [-0.3, -0.25) is 0 Å². The fourth-order valence-corrected chi connectivity index (χ4v) is 14.6. The zero-order chi connectivity index (χ0) is 39.2. The third kappa shape index (κ3) is 5.70. The molecule has 3 heteroatoms. The molecule has 0 atom stereocenters. The summed E-state index contributed by atoms with van der Waals surface area (Å²) in [6, 6.07) is 89.4. The molecule has 11 rings (SSSR count). The van der Waals surface area contributed by atoms with Gasteiger partial charge in [-0.1, -0.05) is 188 Å². The molecule has 0 N–H and O–H groups in total. The Balaban J connectivity index is 1.10. The van der Waals surface area contributed by atoms with E-state index < -0.39 is 8.07 Å². The number of hydrogen-bond acceptors (Lipinski definition) is 2. The van der Waals surface area contributed by atoms with E-state index in [-0.39, 0.29) is 0 Å². The molecule has 0 aromatic heterocycles. The Labute approximate surface area is 346 Å². The lowest BCUT2D eigenvalue weighted by Crippen LogP contribution is -2.77. The number of benzene rings is 10. The molecule has 0 amide bonds. The van der Waals surface area contributed by atoms with Crippen LogP contribution in [0.3, 0.4) is 0 Å². The van der Waals surface area contributed by atoms with Gasteiger partial charge in [0.05, 0.1) is 5.69 Å². The summed E-state index contributed by atoms with van der Waals surface area (Å²) in [4.78, 5) is 4.89. The van der Waals surface area contributed by atoms with Gasteiger partial charge in [0.1, 0.15) is 0 Å². The third-order valence-corrected chi connectivity index (χ3v) is 16.9. The fraction of sp³-hybridized carbons (Fsp3) is 0. The van der Waals surface area contributed by atoms with Gasteiger partial charge in [0, 0.05) is 33.8 Å². The summed E-state index contributed by atoms with van der Waals surface area (Å²) in [5.74, 6) is 0. The van der Waals surface area contributed by atoms with Gasteiger partial charge < -0.3 is 9.80 Å². The Morgan fingerprint density at radius 2 is 0.847 bits per heavy atom. The predicted octanol–water partition coefficient (Wildman–Crippen LogP) is 12.3. The molecule has 0 spiro atoms. The second-order valence-corrected chi connectivity index (χ2v) is 19.0. The maximum atomic E-state index is 2.49. The van der Waals surface area contributed by atoms with Crippen LogP contribution in [0, 0.1) is 0 Å². The highest BCUT2D eigenvalue weighted by molar-refractivity contribution is 7.21. The first kappa shape index (κ1) is 34.8. The zero-order valence-electron chi connectivity index (χ0n) is 32.5. The van der Waals surface area contributed by atoms with Crippen molar-refractivity contribution in [1.29, 1.82) is 0 Å². The zero-order valence-corrected chi connectivity index (χ0v) is 33.5. The minimum Gasteiger partial charge on any atom is -0.311 e. The van der Waals surface area contributed by atoms with Crippen molar-refractivity contribution in [1.82, 2.24) is 0 Å². The van der Waals surface area contributed by atoms with Crippen molar-refractivity contribution < 1.29 is 0 Å². The predicted molar refractivity (Wildman–Crippen MR) is 253 cm³/mol. The maximum Gasteiger partial charge on any atom is 0.184 e. The normalized spacial score (nSPS) is 12.8. The molecule has 59 heavy (non-hydrogen) atoms. The van der Waals surface area contributed by atoms with Crippen LogP contribution in [0.2, 0.25) is 0 Å². The third-order valence-electron chi connectivity index (χ3n) is 12.1. The van der Waals surface area contributed by atoms with E-state index in [0.717, 1.165) is 22.7 Å². The Kier molecular flexibility index (Phi) is 8.53. The monoisotopic (exact) mass is 768 g/mol. The number of fused-ring (bicyclic) bond motifs is 5. The lowest BCUT2D eigenvalue weighted by atomic mass is 9.98. The first-order valence-corrected chi connectivity index (χ1v) is 22.4. The lowest BCUT2D eigenvalue weighted by molar-refractivity contribution is 1.29. The Morgan fingerprint density at radius 3 is 1.54 bits per heavy atom. The highest BCUT2D eigenvalue weighted by atomic mass is 28.3. The van der Waals surface area contributed by atoms with Gasteiger partial charge in [-0.25, -0.2) is 0 Å². The Morgan fingerprint density at radius 1 is 0.339 bits per heavy atom. The number of nitrogens with zero attached hydrogens (tertiary/aromatic N) is 2. The van der Waals surface area contributed by atoms with Gasteiger partial charge in [0.25, 0.3) is 0 Å². The number of rotatable bonds is 7. The molecule has 278 valence electrons. The molecule has 10 aromatic carbocycles. The molecule has 1 aliphatic rings. The summed E-state index contributed by atoms with van der Waals surface area (Å²) in [5, 5.41) is 10.5. The molecule has 10 aromatic rings. The highest BCUT2D eigenvalue weighted by Crippen LogP contribution is 2.43. The summed E-state index contributed by atoms with van der Waals surface area (Å²) in [5.41, 5.74) is 9.36. The maximum absolute atomic E-state index is 2.76. The van der Waals surface area contributed by atoms with Crippen molar-refractivity contribution in [2.24, 2.45) is 0 Å². The quantitative estimate of drug-likeness (QED) is 0.118.